The number of hydrogen-bond acceptors (Lipinski definition) is 3. The van der Waals surface area contributed by atoms with Gasteiger partial charge in [-0.05, 0) is 64.3 Å². The minimum atomic E-state index is 0.292. The highest BCUT2D eigenvalue weighted by Gasteiger charge is 2.21. The van der Waals surface area contributed by atoms with Crippen molar-refractivity contribution in [3.8, 4) is 5.75 Å². The van der Waals surface area contributed by atoms with Gasteiger partial charge in [0.05, 0.1) is 17.6 Å². The van der Waals surface area contributed by atoms with Crippen LogP contribution in [0.15, 0.2) is 45.8 Å². The molecule has 0 aromatic heterocycles. The summed E-state index contributed by atoms with van der Waals surface area (Å²) >= 11 is 11.6. The fourth-order valence-corrected chi connectivity index (χ4v) is 4.30. The summed E-state index contributed by atoms with van der Waals surface area (Å²) in [6, 6.07) is 12.5. The first-order chi connectivity index (χ1) is 10.2. The Morgan fingerprint density at radius 1 is 1.29 bits per heavy atom. The largest absolute Gasteiger partial charge is 0.496 e. The molecule has 1 N–H and O–H groups in total. The van der Waals surface area contributed by atoms with E-state index in [4.69, 9.17) is 16.3 Å². The Bertz CT molecular complexity index is 665. The molecule has 3 rings (SSSR count). The SMILES string of the molecule is COc1ccc(NC2CCSc3ccc(Cl)cc32)cc1Br. The molecule has 0 fully saturated rings. The van der Waals surface area contributed by atoms with E-state index in [0.717, 1.165) is 33.1 Å². The molecule has 0 amide bonds. The van der Waals surface area contributed by atoms with Crippen LogP contribution < -0.4 is 10.1 Å². The standard InChI is InChI=1S/C16H15BrClNOS/c1-20-15-4-3-11(9-13(15)17)19-14-6-7-21-16-5-2-10(18)8-12(14)16/h2-5,8-9,14,19H,6-7H2,1H3. The van der Waals surface area contributed by atoms with Crippen LogP contribution >= 0.6 is 39.3 Å². The van der Waals surface area contributed by atoms with E-state index in [0.29, 0.717) is 6.04 Å². The van der Waals surface area contributed by atoms with Crippen LogP contribution in [-0.4, -0.2) is 12.9 Å². The van der Waals surface area contributed by atoms with Crippen molar-refractivity contribution in [2.75, 3.05) is 18.2 Å². The number of methoxy groups -OCH3 is 1. The zero-order chi connectivity index (χ0) is 14.8. The van der Waals surface area contributed by atoms with Crippen molar-refractivity contribution in [1.82, 2.24) is 0 Å². The molecule has 1 unspecified atom stereocenters. The normalized spacial score (nSPS) is 17.2. The van der Waals surface area contributed by atoms with Gasteiger partial charge in [-0.3, -0.25) is 0 Å². The average molecular weight is 385 g/mol. The number of benzene rings is 2. The second-order valence-corrected chi connectivity index (χ2v) is 7.29. The Labute approximate surface area is 142 Å². The summed E-state index contributed by atoms with van der Waals surface area (Å²) in [4.78, 5) is 1.32. The Balaban J connectivity index is 1.86. The number of anilines is 1. The van der Waals surface area contributed by atoms with Crippen molar-refractivity contribution in [2.24, 2.45) is 0 Å². The van der Waals surface area contributed by atoms with Gasteiger partial charge in [0.1, 0.15) is 5.75 Å². The maximum absolute atomic E-state index is 6.15. The predicted octanol–water partition coefficient (Wildman–Crippen LogP) is 5.76. The van der Waals surface area contributed by atoms with E-state index in [1.807, 2.05) is 36.0 Å². The minimum Gasteiger partial charge on any atom is -0.496 e. The topological polar surface area (TPSA) is 21.3 Å². The number of fused-ring (bicyclic) bond motifs is 1. The zero-order valence-electron chi connectivity index (χ0n) is 11.5. The summed E-state index contributed by atoms with van der Waals surface area (Å²) in [5.74, 6) is 1.95. The van der Waals surface area contributed by atoms with Crippen LogP contribution in [0.4, 0.5) is 5.69 Å². The molecule has 1 aliphatic heterocycles. The van der Waals surface area contributed by atoms with Gasteiger partial charge in [0.2, 0.25) is 0 Å². The molecule has 2 aromatic carbocycles. The molecular formula is C16H15BrClNOS. The molecule has 0 saturated heterocycles. The quantitative estimate of drug-likeness (QED) is 0.727. The van der Waals surface area contributed by atoms with Crippen LogP contribution in [-0.2, 0) is 0 Å². The predicted molar refractivity (Wildman–Crippen MR) is 93.9 cm³/mol. The lowest BCUT2D eigenvalue weighted by Gasteiger charge is -2.27. The second-order valence-electron chi connectivity index (χ2n) is 4.87. The van der Waals surface area contributed by atoms with E-state index >= 15 is 0 Å². The van der Waals surface area contributed by atoms with Gasteiger partial charge in [-0.2, -0.15) is 0 Å². The lowest BCUT2D eigenvalue weighted by atomic mass is 10.0. The van der Waals surface area contributed by atoms with E-state index in [2.05, 4.69) is 33.4 Å². The summed E-state index contributed by atoms with van der Waals surface area (Å²) in [5, 5.41) is 4.39. The summed E-state index contributed by atoms with van der Waals surface area (Å²) in [6.07, 6.45) is 1.08. The molecule has 2 nitrogen and oxygen atoms in total. The van der Waals surface area contributed by atoms with E-state index in [9.17, 15) is 0 Å². The third kappa shape index (κ3) is 3.33. The fraction of sp³-hybridized carbons (Fsp3) is 0.250. The highest BCUT2D eigenvalue weighted by molar-refractivity contribution is 9.10. The summed E-state index contributed by atoms with van der Waals surface area (Å²) in [7, 11) is 1.67. The molecule has 1 atom stereocenters. The monoisotopic (exact) mass is 383 g/mol. The third-order valence-corrected chi connectivity index (χ3v) is 5.48. The van der Waals surface area contributed by atoms with Crippen molar-refractivity contribution in [1.29, 1.82) is 0 Å². The van der Waals surface area contributed by atoms with Crippen LogP contribution in [0.3, 0.4) is 0 Å². The molecular weight excluding hydrogens is 370 g/mol. The first-order valence-corrected chi connectivity index (χ1v) is 8.85. The molecule has 1 heterocycles. The number of rotatable bonds is 3. The van der Waals surface area contributed by atoms with Crippen molar-refractivity contribution in [3.63, 3.8) is 0 Å². The molecule has 110 valence electrons. The van der Waals surface area contributed by atoms with Gasteiger partial charge in [-0.15, -0.1) is 11.8 Å². The average Bonchev–Trinajstić information content (AvgIpc) is 2.48. The Morgan fingerprint density at radius 3 is 2.90 bits per heavy atom. The van der Waals surface area contributed by atoms with Gasteiger partial charge in [-0.1, -0.05) is 11.6 Å². The molecule has 0 spiro atoms. The summed E-state index contributed by atoms with van der Waals surface area (Å²) < 4.78 is 6.22. The molecule has 5 heteroatoms. The Hall–Kier alpha value is -0.840. The first kappa shape index (κ1) is 15.1. The molecule has 2 aromatic rings. The maximum Gasteiger partial charge on any atom is 0.133 e. The van der Waals surface area contributed by atoms with Gasteiger partial charge in [0.15, 0.2) is 0 Å². The van der Waals surface area contributed by atoms with Gasteiger partial charge < -0.3 is 10.1 Å². The molecule has 1 aliphatic rings. The number of thioether (sulfide) groups is 1. The molecule has 0 radical (unpaired) electrons. The van der Waals surface area contributed by atoms with E-state index in [-0.39, 0.29) is 0 Å². The van der Waals surface area contributed by atoms with Gasteiger partial charge in [0, 0.05) is 21.4 Å². The maximum atomic E-state index is 6.15. The lowest BCUT2D eigenvalue weighted by molar-refractivity contribution is 0.412. The van der Waals surface area contributed by atoms with Crippen molar-refractivity contribution < 1.29 is 4.74 Å². The number of nitrogens with one attached hydrogen (secondary N) is 1. The van der Waals surface area contributed by atoms with Crippen molar-refractivity contribution >= 4 is 45.0 Å². The highest BCUT2D eigenvalue weighted by atomic mass is 79.9. The third-order valence-electron chi connectivity index (χ3n) is 3.50. The van der Waals surface area contributed by atoms with E-state index < -0.39 is 0 Å². The highest BCUT2D eigenvalue weighted by Crippen LogP contribution is 2.39. The van der Waals surface area contributed by atoms with Crippen LogP contribution in [0, 0.1) is 0 Å². The zero-order valence-corrected chi connectivity index (χ0v) is 14.7. The van der Waals surface area contributed by atoms with Crippen molar-refractivity contribution in [3.05, 3.63) is 51.5 Å². The lowest BCUT2D eigenvalue weighted by Crippen LogP contribution is -2.16. The summed E-state index contributed by atoms with van der Waals surface area (Å²) in [5.41, 5.74) is 2.36. The van der Waals surface area contributed by atoms with Crippen LogP contribution in [0.25, 0.3) is 0 Å². The van der Waals surface area contributed by atoms with E-state index in [1.165, 1.54) is 10.5 Å². The van der Waals surface area contributed by atoms with Gasteiger partial charge >= 0.3 is 0 Å². The number of ether oxygens (including phenoxy) is 1. The van der Waals surface area contributed by atoms with Crippen LogP contribution in [0.5, 0.6) is 5.75 Å². The molecule has 0 saturated carbocycles. The Kier molecular flexibility index (Phi) is 4.67. The van der Waals surface area contributed by atoms with Gasteiger partial charge in [0.25, 0.3) is 0 Å². The summed E-state index contributed by atoms with van der Waals surface area (Å²) in [6.45, 7) is 0. The van der Waals surface area contributed by atoms with Crippen LogP contribution in [0.2, 0.25) is 5.02 Å². The number of hydrogen-bond donors (Lipinski definition) is 1. The number of halogens is 2. The smallest absolute Gasteiger partial charge is 0.133 e. The van der Waals surface area contributed by atoms with Crippen LogP contribution in [0.1, 0.15) is 18.0 Å². The van der Waals surface area contributed by atoms with Crippen molar-refractivity contribution in [2.45, 2.75) is 17.4 Å². The molecule has 0 bridgehead atoms. The Morgan fingerprint density at radius 2 is 2.14 bits per heavy atom. The minimum absolute atomic E-state index is 0.292. The van der Waals surface area contributed by atoms with Gasteiger partial charge in [-0.25, -0.2) is 0 Å². The molecule has 0 aliphatic carbocycles. The molecule has 21 heavy (non-hydrogen) atoms. The first-order valence-electron chi connectivity index (χ1n) is 6.69. The fourth-order valence-electron chi connectivity index (χ4n) is 2.47. The second kappa shape index (κ2) is 6.51. The van der Waals surface area contributed by atoms with E-state index in [1.54, 1.807) is 7.11 Å².